The second-order valence-corrected chi connectivity index (χ2v) is 8.73. The zero-order chi connectivity index (χ0) is 16.7. The molecular weight excluding hydrogens is 371 g/mol. The van der Waals surface area contributed by atoms with E-state index < -0.39 is 0 Å². The van der Waals surface area contributed by atoms with E-state index in [9.17, 15) is 0 Å². The van der Waals surface area contributed by atoms with E-state index in [1.54, 1.807) is 11.3 Å². The van der Waals surface area contributed by atoms with Gasteiger partial charge in [0.05, 0.1) is 11.2 Å². The summed E-state index contributed by atoms with van der Waals surface area (Å²) in [4.78, 5) is 2.44. The average molecular weight is 391 g/mol. The van der Waals surface area contributed by atoms with E-state index in [-0.39, 0.29) is 18.3 Å². The molecule has 0 N–H and O–H groups in total. The molecule has 1 aromatic carbocycles. The van der Waals surface area contributed by atoms with E-state index in [1.165, 1.54) is 15.3 Å². The molecule has 2 heterocycles. The third-order valence-electron chi connectivity index (χ3n) is 4.43. The van der Waals surface area contributed by atoms with Gasteiger partial charge in [0, 0.05) is 14.2 Å². The van der Waals surface area contributed by atoms with Gasteiger partial charge in [-0.15, -0.1) is 11.3 Å². The zero-order valence-corrected chi connectivity index (χ0v) is 16.2. The zero-order valence-electron chi connectivity index (χ0n) is 13.8. The summed E-state index contributed by atoms with van der Waals surface area (Å²) in [7, 11) is -0.295. The Labute approximate surface area is 150 Å². The molecule has 0 bridgehead atoms. The van der Waals surface area contributed by atoms with Crippen molar-refractivity contribution >= 4 is 40.5 Å². The molecule has 0 aliphatic carbocycles. The molecule has 2 nitrogen and oxygen atoms in total. The highest BCUT2D eigenvalue weighted by Gasteiger charge is 2.49. The fourth-order valence-corrected chi connectivity index (χ4v) is 3.70. The van der Waals surface area contributed by atoms with Gasteiger partial charge in [0.15, 0.2) is 0 Å². The molecule has 0 unspecified atom stereocenters. The third-order valence-corrected chi connectivity index (χ3v) is 6.02. The predicted molar refractivity (Wildman–Crippen MR) is 103 cm³/mol. The topological polar surface area (TPSA) is 18.5 Å². The monoisotopic (exact) mass is 390 g/mol. The second kappa shape index (κ2) is 6.21. The van der Waals surface area contributed by atoms with Crippen LogP contribution in [0.1, 0.15) is 32.6 Å². The van der Waals surface area contributed by atoms with Gasteiger partial charge in [-0.3, -0.25) is 0 Å². The average Bonchev–Trinajstić information content (AvgIpc) is 3.00. The van der Waals surface area contributed by atoms with Crippen molar-refractivity contribution in [3.05, 3.63) is 51.7 Å². The highest BCUT2D eigenvalue weighted by Crippen LogP contribution is 2.37. The quantitative estimate of drug-likeness (QED) is 0.614. The lowest BCUT2D eigenvalue weighted by Crippen LogP contribution is -2.41. The molecule has 1 aliphatic rings. The molecule has 23 heavy (non-hydrogen) atoms. The molecule has 0 amide bonds. The van der Waals surface area contributed by atoms with Gasteiger partial charge < -0.3 is 9.31 Å². The summed E-state index contributed by atoms with van der Waals surface area (Å²) in [5, 5.41) is 0. The Morgan fingerprint density at radius 1 is 1.04 bits per heavy atom. The Kier molecular flexibility index (Phi) is 4.58. The van der Waals surface area contributed by atoms with Gasteiger partial charge in [0.25, 0.3) is 0 Å². The Bertz CT molecular complexity index is 720. The van der Waals surface area contributed by atoms with Gasteiger partial charge in [0.1, 0.15) is 0 Å². The van der Waals surface area contributed by atoms with Gasteiger partial charge in [-0.2, -0.15) is 0 Å². The molecule has 2 aromatic rings. The van der Waals surface area contributed by atoms with Crippen LogP contribution in [0.25, 0.3) is 16.5 Å². The standard InChI is InChI=1S/C18H20BBrO2S/c1-17(2)18(3,4)22-19(21-17)11-10-15-8-9-16(23-15)13-6-5-7-14(20)12-13/h5-12H,1-4H3/b11-10+. The smallest absolute Gasteiger partial charge is 0.400 e. The lowest BCUT2D eigenvalue weighted by Gasteiger charge is -2.32. The summed E-state index contributed by atoms with van der Waals surface area (Å²) < 4.78 is 13.1. The molecule has 0 spiro atoms. The van der Waals surface area contributed by atoms with Crippen LogP contribution in [-0.2, 0) is 9.31 Å². The molecule has 1 fully saturated rings. The fourth-order valence-electron chi connectivity index (χ4n) is 2.38. The summed E-state index contributed by atoms with van der Waals surface area (Å²) in [6, 6.07) is 12.6. The number of thiophene rings is 1. The van der Waals surface area contributed by atoms with Crippen LogP contribution < -0.4 is 0 Å². The van der Waals surface area contributed by atoms with Crippen LogP contribution in [0.15, 0.2) is 46.8 Å². The van der Waals surface area contributed by atoms with Crippen molar-refractivity contribution in [1.82, 2.24) is 0 Å². The lowest BCUT2D eigenvalue weighted by atomic mass is 9.90. The van der Waals surface area contributed by atoms with Crippen molar-refractivity contribution in [2.75, 3.05) is 0 Å². The number of hydrogen-bond acceptors (Lipinski definition) is 3. The van der Waals surface area contributed by atoms with Crippen LogP contribution in [0.5, 0.6) is 0 Å². The van der Waals surface area contributed by atoms with Gasteiger partial charge >= 0.3 is 7.12 Å². The van der Waals surface area contributed by atoms with Crippen molar-refractivity contribution in [3.63, 3.8) is 0 Å². The van der Waals surface area contributed by atoms with Crippen LogP contribution in [0.3, 0.4) is 0 Å². The van der Waals surface area contributed by atoms with Crippen LogP contribution in [0.4, 0.5) is 0 Å². The highest BCUT2D eigenvalue weighted by atomic mass is 79.9. The Hall–Kier alpha value is -0.875. The fraction of sp³-hybridized carbons (Fsp3) is 0.333. The van der Waals surface area contributed by atoms with E-state index >= 15 is 0 Å². The minimum absolute atomic E-state index is 0.293. The Morgan fingerprint density at radius 3 is 2.39 bits per heavy atom. The lowest BCUT2D eigenvalue weighted by molar-refractivity contribution is 0.00578. The first-order valence-corrected chi connectivity index (χ1v) is 9.27. The largest absolute Gasteiger partial charge is 0.487 e. The predicted octanol–water partition coefficient (Wildman–Crippen LogP) is 5.82. The summed E-state index contributed by atoms with van der Waals surface area (Å²) in [5.41, 5.74) is 0.636. The van der Waals surface area contributed by atoms with Crippen molar-refractivity contribution in [2.45, 2.75) is 38.9 Å². The van der Waals surface area contributed by atoms with Crippen LogP contribution in [0, 0.1) is 0 Å². The van der Waals surface area contributed by atoms with Crippen LogP contribution in [0.2, 0.25) is 0 Å². The molecule has 3 rings (SSSR count). The first-order valence-electron chi connectivity index (χ1n) is 7.66. The van der Waals surface area contributed by atoms with E-state index in [0.29, 0.717) is 0 Å². The van der Waals surface area contributed by atoms with Crippen molar-refractivity contribution in [3.8, 4) is 10.4 Å². The molecule has 1 aliphatic heterocycles. The van der Waals surface area contributed by atoms with Gasteiger partial charge in [-0.25, -0.2) is 0 Å². The molecule has 1 aromatic heterocycles. The summed E-state index contributed by atoms with van der Waals surface area (Å²) >= 11 is 5.28. The van der Waals surface area contributed by atoms with E-state index in [1.807, 2.05) is 12.0 Å². The third kappa shape index (κ3) is 3.63. The van der Waals surface area contributed by atoms with E-state index in [4.69, 9.17) is 9.31 Å². The van der Waals surface area contributed by atoms with Crippen molar-refractivity contribution < 1.29 is 9.31 Å². The number of halogens is 1. The number of hydrogen-bond donors (Lipinski definition) is 0. The minimum atomic E-state index is -0.295. The molecule has 0 atom stereocenters. The number of rotatable bonds is 3. The molecule has 120 valence electrons. The molecule has 0 saturated carbocycles. The highest BCUT2D eigenvalue weighted by molar-refractivity contribution is 9.10. The Balaban J connectivity index is 1.73. The number of benzene rings is 1. The SMILES string of the molecule is CC1(C)OB(/C=C/c2ccc(-c3cccc(Br)c3)s2)OC1(C)C. The van der Waals surface area contributed by atoms with E-state index in [2.05, 4.69) is 80.0 Å². The molecule has 5 heteroatoms. The van der Waals surface area contributed by atoms with Crippen molar-refractivity contribution in [1.29, 1.82) is 0 Å². The maximum absolute atomic E-state index is 5.98. The van der Waals surface area contributed by atoms with Crippen molar-refractivity contribution in [2.24, 2.45) is 0 Å². The summed E-state index contributed by atoms with van der Waals surface area (Å²) in [6.45, 7) is 8.27. The maximum Gasteiger partial charge on any atom is 0.487 e. The molecule has 0 radical (unpaired) electrons. The van der Waals surface area contributed by atoms with E-state index in [0.717, 1.165) is 4.47 Å². The summed E-state index contributed by atoms with van der Waals surface area (Å²) in [6.07, 6.45) is 2.08. The second-order valence-electron chi connectivity index (χ2n) is 6.70. The first kappa shape index (κ1) is 17.0. The van der Waals surface area contributed by atoms with Crippen LogP contribution >= 0.6 is 27.3 Å². The maximum atomic E-state index is 5.98. The van der Waals surface area contributed by atoms with Gasteiger partial charge in [-0.1, -0.05) is 40.1 Å². The van der Waals surface area contributed by atoms with Gasteiger partial charge in [0.2, 0.25) is 0 Å². The van der Waals surface area contributed by atoms with Crippen LogP contribution in [-0.4, -0.2) is 18.3 Å². The summed E-state index contributed by atoms with van der Waals surface area (Å²) in [5.74, 6) is 1.99. The molecule has 1 saturated heterocycles. The minimum Gasteiger partial charge on any atom is -0.400 e. The Morgan fingerprint density at radius 2 is 1.74 bits per heavy atom. The normalized spacial score (nSPS) is 19.6. The first-order chi connectivity index (χ1) is 10.8. The van der Waals surface area contributed by atoms with Gasteiger partial charge in [-0.05, 0) is 57.5 Å². The molecular formula is C18H20BBrO2S.